The zero-order valence-corrected chi connectivity index (χ0v) is 22.9. The van der Waals surface area contributed by atoms with Crippen molar-refractivity contribution in [2.75, 3.05) is 30.9 Å². The Labute approximate surface area is 221 Å². The fraction of sp³-hybridized carbons (Fsp3) is 0.407. The van der Waals surface area contributed by atoms with E-state index in [0.29, 0.717) is 28.5 Å². The van der Waals surface area contributed by atoms with Crippen LogP contribution in [0.5, 0.6) is 5.19 Å². The highest BCUT2D eigenvalue weighted by Gasteiger charge is 2.21. The molecule has 4 aromatic rings. The second-order valence-corrected chi connectivity index (χ2v) is 12.8. The molecule has 8 nitrogen and oxygen atoms in total. The van der Waals surface area contributed by atoms with E-state index in [1.165, 1.54) is 23.2 Å². The van der Waals surface area contributed by atoms with Crippen LogP contribution in [0.15, 0.2) is 53.7 Å². The first-order valence-corrected chi connectivity index (χ1v) is 15.2. The van der Waals surface area contributed by atoms with Crippen LogP contribution in [0.4, 0.5) is 5.95 Å². The van der Waals surface area contributed by atoms with Gasteiger partial charge in [-0.3, -0.25) is 0 Å². The summed E-state index contributed by atoms with van der Waals surface area (Å²) in [7, 11) is -3.22. The number of aromatic nitrogens is 4. The molecule has 0 unspecified atom stereocenters. The molecule has 0 bridgehead atoms. The zero-order valence-electron chi connectivity index (χ0n) is 21.3. The third-order valence-corrected chi connectivity index (χ3v) is 8.79. The molecule has 37 heavy (non-hydrogen) atoms. The Hall–Kier alpha value is -3.11. The van der Waals surface area contributed by atoms with Crippen molar-refractivity contribution in [1.29, 1.82) is 0 Å². The van der Waals surface area contributed by atoms with Crippen molar-refractivity contribution in [2.24, 2.45) is 5.92 Å². The number of benzene rings is 1. The van der Waals surface area contributed by atoms with Gasteiger partial charge in [0.15, 0.2) is 9.84 Å². The number of hydrogen-bond acceptors (Lipinski definition) is 9. The lowest BCUT2D eigenvalue weighted by atomic mass is 9.94. The van der Waals surface area contributed by atoms with Crippen LogP contribution < -0.4 is 9.64 Å². The molecular weight excluding hydrogens is 506 g/mol. The van der Waals surface area contributed by atoms with Gasteiger partial charge in [-0.2, -0.15) is 0 Å². The molecule has 10 heteroatoms. The molecule has 0 amide bonds. The van der Waals surface area contributed by atoms with Gasteiger partial charge >= 0.3 is 0 Å². The van der Waals surface area contributed by atoms with E-state index in [1.807, 2.05) is 24.5 Å². The van der Waals surface area contributed by atoms with Gasteiger partial charge in [-0.1, -0.05) is 37.3 Å². The summed E-state index contributed by atoms with van der Waals surface area (Å²) in [5, 5.41) is 0.628. The van der Waals surface area contributed by atoms with Crippen LogP contribution in [0.2, 0.25) is 0 Å². The second kappa shape index (κ2) is 10.7. The molecule has 1 fully saturated rings. The Bertz CT molecular complexity index is 1460. The van der Waals surface area contributed by atoms with E-state index < -0.39 is 9.84 Å². The first-order valence-electron chi connectivity index (χ1n) is 12.5. The molecule has 194 valence electrons. The number of ether oxygens (including phenoxy) is 1. The maximum Gasteiger partial charge on any atom is 0.275 e. The van der Waals surface area contributed by atoms with E-state index in [2.05, 4.69) is 33.7 Å². The Morgan fingerprint density at radius 2 is 1.73 bits per heavy atom. The van der Waals surface area contributed by atoms with Gasteiger partial charge in [-0.05, 0) is 60.9 Å². The largest absolute Gasteiger partial charge is 0.470 e. The molecule has 0 N–H and O–H groups in total. The van der Waals surface area contributed by atoms with E-state index in [0.717, 1.165) is 59.9 Å². The molecule has 1 aliphatic rings. The van der Waals surface area contributed by atoms with Gasteiger partial charge in [0, 0.05) is 37.3 Å². The molecule has 4 heterocycles. The van der Waals surface area contributed by atoms with Crippen molar-refractivity contribution in [3.63, 3.8) is 0 Å². The van der Waals surface area contributed by atoms with Gasteiger partial charge in [-0.15, -0.1) is 0 Å². The minimum Gasteiger partial charge on any atom is -0.470 e. The molecule has 0 spiro atoms. The van der Waals surface area contributed by atoms with Crippen LogP contribution in [0.25, 0.3) is 21.6 Å². The number of pyridine rings is 1. The number of sulfone groups is 1. The molecule has 0 aliphatic carbocycles. The fourth-order valence-corrected chi connectivity index (χ4v) is 5.86. The van der Waals surface area contributed by atoms with E-state index in [4.69, 9.17) is 9.72 Å². The summed E-state index contributed by atoms with van der Waals surface area (Å²) in [6.07, 6.45) is 8.27. The fourth-order valence-electron chi connectivity index (χ4n) is 4.42. The maximum atomic E-state index is 11.7. The third-order valence-electron chi connectivity index (χ3n) is 6.79. The number of piperidine rings is 1. The van der Waals surface area contributed by atoms with E-state index in [1.54, 1.807) is 24.3 Å². The highest BCUT2D eigenvalue weighted by molar-refractivity contribution is 7.90. The standard InChI is InChI=1S/C27H31N5O3S2/c1-18(2)21-16-28-26(29-17-21)32-13-10-19(11-14-32)12-15-35-27-31-24-9-8-23(30-25(24)36-27)20-4-6-22(7-5-20)37(3,33)34/h4-9,16-19H,10-15H2,1-3H3. The van der Waals surface area contributed by atoms with Crippen molar-refractivity contribution in [3.05, 3.63) is 54.4 Å². The Kier molecular flexibility index (Phi) is 7.39. The van der Waals surface area contributed by atoms with Crippen molar-refractivity contribution < 1.29 is 13.2 Å². The first-order chi connectivity index (χ1) is 17.8. The molecule has 1 aliphatic heterocycles. The molecule has 0 atom stereocenters. The number of rotatable bonds is 8. The van der Waals surface area contributed by atoms with Crippen LogP contribution in [-0.4, -0.2) is 54.3 Å². The maximum absolute atomic E-state index is 11.7. The lowest BCUT2D eigenvalue weighted by molar-refractivity contribution is 0.257. The van der Waals surface area contributed by atoms with E-state index in [9.17, 15) is 8.42 Å². The molecule has 3 aromatic heterocycles. The molecule has 0 saturated carbocycles. The summed E-state index contributed by atoms with van der Waals surface area (Å²) in [5.41, 5.74) is 3.60. The second-order valence-electron chi connectivity index (χ2n) is 9.84. The van der Waals surface area contributed by atoms with Crippen molar-refractivity contribution in [3.8, 4) is 16.5 Å². The van der Waals surface area contributed by atoms with Crippen molar-refractivity contribution >= 4 is 37.5 Å². The highest BCUT2D eigenvalue weighted by atomic mass is 32.2. The lowest BCUT2D eigenvalue weighted by Crippen LogP contribution is -2.35. The lowest BCUT2D eigenvalue weighted by Gasteiger charge is -2.31. The predicted molar refractivity (Wildman–Crippen MR) is 147 cm³/mol. The Balaban J connectivity index is 1.13. The van der Waals surface area contributed by atoms with E-state index in [-0.39, 0.29) is 0 Å². The minimum atomic E-state index is -3.22. The summed E-state index contributed by atoms with van der Waals surface area (Å²) in [6.45, 7) is 6.86. The van der Waals surface area contributed by atoms with Gasteiger partial charge in [0.1, 0.15) is 10.3 Å². The zero-order chi connectivity index (χ0) is 26.0. The summed E-state index contributed by atoms with van der Waals surface area (Å²) < 4.78 is 29.4. The van der Waals surface area contributed by atoms with Crippen LogP contribution in [0.3, 0.4) is 0 Å². The summed E-state index contributed by atoms with van der Waals surface area (Å²) in [4.78, 5) is 21.8. The predicted octanol–water partition coefficient (Wildman–Crippen LogP) is 5.36. The molecule has 1 saturated heterocycles. The molecule has 0 radical (unpaired) electrons. The van der Waals surface area contributed by atoms with Crippen LogP contribution in [-0.2, 0) is 9.84 Å². The average molecular weight is 538 g/mol. The SMILES string of the molecule is CC(C)c1cnc(N2CCC(CCOc3nc4ccc(-c5ccc(S(C)(=O)=O)cc5)nc4s3)CC2)nc1. The van der Waals surface area contributed by atoms with Gasteiger partial charge in [-0.25, -0.2) is 28.4 Å². The van der Waals surface area contributed by atoms with Crippen LogP contribution in [0, 0.1) is 5.92 Å². The number of hydrogen-bond donors (Lipinski definition) is 0. The van der Waals surface area contributed by atoms with Crippen molar-refractivity contribution in [1.82, 2.24) is 19.9 Å². The smallest absolute Gasteiger partial charge is 0.275 e. The van der Waals surface area contributed by atoms with Crippen LogP contribution >= 0.6 is 11.3 Å². The van der Waals surface area contributed by atoms with Gasteiger partial charge in [0.25, 0.3) is 5.19 Å². The molecule has 5 rings (SSSR count). The van der Waals surface area contributed by atoms with Gasteiger partial charge in [0.05, 0.1) is 17.2 Å². The normalized spacial score (nSPS) is 15.0. The summed E-state index contributed by atoms with van der Waals surface area (Å²) in [5.74, 6) is 1.88. The molecular formula is C27H31N5O3S2. The van der Waals surface area contributed by atoms with Crippen molar-refractivity contribution in [2.45, 2.75) is 43.9 Å². The Morgan fingerprint density at radius 1 is 1.03 bits per heavy atom. The minimum absolute atomic E-state index is 0.296. The number of thiazole rings is 1. The highest BCUT2D eigenvalue weighted by Crippen LogP contribution is 2.30. The molecule has 1 aromatic carbocycles. The Morgan fingerprint density at radius 3 is 2.38 bits per heavy atom. The van der Waals surface area contributed by atoms with E-state index >= 15 is 0 Å². The number of nitrogens with zero attached hydrogens (tertiary/aromatic N) is 5. The monoisotopic (exact) mass is 537 g/mol. The van der Waals surface area contributed by atoms with Gasteiger partial charge in [0.2, 0.25) is 5.95 Å². The van der Waals surface area contributed by atoms with Gasteiger partial charge < -0.3 is 9.64 Å². The summed E-state index contributed by atoms with van der Waals surface area (Å²) >= 11 is 1.44. The quantitative estimate of drug-likeness (QED) is 0.296. The average Bonchev–Trinajstić information content (AvgIpc) is 3.31. The first kappa shape index (κ1) is 25.5. The summed E-state index contributed by atoms with van der Waals surface area (Å²) in [6, 6.07) is 10.6. The third kappa shape index (κ3) is 6.07. The van der Waals surface area contributed by atoms with Crippen LogP contribution in [0.1, 0.15) is 44.6 Å². The number of fused-ring (bicyclic) bond motifs is 1. The topological polar surface area (TPSA) is 98.2 Å². The number of anilines is 1.